The smallest absolute Gasteiger partial charge is 0.303 e. The third-order valence-corrected chi connectivity index (χ3v) is 4.14. The molecule has 1 aromatic carbocycles. The molecule has 1 fully saturated rings. The molecule has 0 unspecified atom stereocenters. The molecule has 19 heavy (non-hydrogen) atoms. The molecule has 1 aliphatic heterocycles. The van der Waals surface area contributed by atoms with Gasteiger partial charge in [-0.3, -0.25) is 4.79 Å². The Bertz CT molecular complexity index is 432. The number of benzene rings is 1. The molecule has 3 heteroatoms. The lowest BCUT2D eigenvalue weighted by Crippen LogP contribution is -2.50. The van der Waals surface area contributed by atoms with Crippen molar-refractivity contribution in [2.24, 2.45) is 5.92 Å². The summed E-state index contributed by atoms with van der Waals surface area (Å²) in [4.78, 5) is 13.9. The largest absolute Gasteiger partial charge is 0.454 e. The number of ether oxygens (including phenoxy) is 1. The Labute approximate surface area is 115 Å². The maximum atomic E-state index is 11.6. The molecule has 0 amide bonds. The first kappa shape index (κ1) is 14.1. The van der Waals surface area contributed by atoms with Gasteiger partial charge in [0, 0.05) is 32.4 Å². The molecule has 2 atom stereocenters. The van der Waals surface area contributed by atoms with E-state index in [1.807, 2.05) is 18.2 Å². The highest BCUT2D eigenvalue weighted by molar-refractivity contribution is 5.67. The second-order valence-corrected chi connectivity index (χ2v) is 5.47. The van der Waals surface area contributed by atoms with Crippen LogP contribution >= 0.6 is 0 Å². The molecule has 1 heterocycles. The van der Waals surface area contributed by atoms with Crippen molar-refractivity contribution in [2.45, 2.75) is 32.3 Å². The topological polar surface area (TPSA) is 29.5 Å². The lowest BCUT2D eigenvalue weighted by atomic mass is 9.74. The second kappa shape index (κ2) is 5.74. The number of carbonyl (C=O) groups excluding carboxylic acids is 1. The van der Waals surface area contributed by atoms with Crippen molar-refractivity contribution in [3.8, 4) is 0 Å². The summed E-state index contributed by atoms with van der Waals surface area (Å²) in [6.45, 7) is 5.61. The highest BCUT2D eigenvalue weighted by atomic mass is 16.6. The summed E-state index contributed by atoms with van der Waals surface area (Å²) in [6.07, 6.45) is 1.87. The summed E-state index contributed by atoms with van der Waals surface area (Å²) in [5.74, 6) is 0.157. The molecule has 0 N–H and O–H groups in total. The zero-order valence-electron chi connectivity index (χ0n) is 12.1. The molecule has 0 saturated carbocycles. The van der Waals surface area contributed by atoms with E-state index in [1.54, 1.807) is 0 Å². The SMILES string of the molecule is CC[C@@H]1CN(C)CC[C@]1(OC(C)=O)c1ccccc1. The van der Waals surface area contributed by atoms with Crippen molar-refractivity contribution in [1.82, 2.24) is 4.90 Å². The van der Waals surface area contributed by atoms with Gasteiger partial charge in [0.05, 0.1) is 0 Å². The molecule has 0 bridgehead atoms. The van der Waals surface area contributed by atoms with Crippen LogP contribution in [-0.4, -0.2) is 31.0 Å². The quantitative estimate of drug-likeness (QED) is 0.784. The van der Waals surface area contributed by atoms with Crippen LogP contribution in [0.1, 0.15) is 32.3 Å². The number of esters is 1. The first-order valence-electron chi connectivity index (χ1n) is 7.02. The Morgan fingerprint density at radius 1 is 1.42 bits per heavy atom. The van der Waals surface area contributed by atoms with Crippen LogP contribution in [0.3, 0.4) is 0 Å². The van der Waals surface area contributed by atoms with Crippen LogP contribution in [0.5, 0.6) is 0 Å². The maximum Gasteiger partial charge on any atom is 0.303 e. The first-order chi connectivity index (χ1) is 9.08. The number of hydrogen-bond donors (Lipinski definition) is 0. The van der Waals surface area contributed by atoms with Gasteiger partial charge in [0.15, 0.2) is 0 Å². The van der Waals surface area contributed by atoms with Crippen LogP contribution in [0, 0.1) is 5.92 Å². The normalized spacial score (nSPS) is 28.1. The number of piperidine rings is 1. The van der Waals surface area contributed by atoms with Gasteiger partial charge in [-0.1, -0.05) is 37.3 Å². The van der Waals surface area contributed by atoms with Gasteiger partial charge in [-0.25, -0.2) is 0 Å². The van der Waals surface area contributed by atoms with Gasteiger partial charge in [-0.15, -0.1) is 0 Å². The van der Waals surface area contributed by atoms with Gasteiger partial charge in [-0.2, -0.15) is 0 Å². The fourth-order valence-corrected chi connectivity index (χ4v) is 3.18. The average molecular weight is 261 g/mol. The molecule has 2 rings (SSSR count). The highest BCUT2D eigenvalue weighted by Crippen LogP contribution is 2.42. The summed E-state index contributed by atoms with van der Waals surface area (Å²) < 4.78 is 5.85. The van der Waals surface area contributed by atoms with E-state index in [4.69, 9.17) is 4.74 Å². The number of nitrogens with zero attached hydrogens (tertiary/aromatic N) is 1. The van der Waals surface area contributed by atoms with Crippen molar-refractivity contribution in [1.29, 1.82) is 0 Å². The van der Waals surface area contributed by atoms with Crippen LogP contribution in [0.15, 0.2) is 30.3 Å². The van der Waals surface area contributed by atoms with E-state index in [1.165, 1.54) is 6.92 Å². The molecular formula is C16H23NO2. The van der Waals surface area contributed by atoms with E-state index < -0.39 is 5.60 Å². The van der Waals surface area contributed by atoms with E-state index in [-0.39, 0.29) is 5.97 Å². The van der Waals surface area contributed by atoms with E-state index in [9.17, 15) is 4.79 Å². The lowest BCUT2D eigenvalue weighted by molar-refractivity contribution is -0.173. The van der Waals surface area contributed by atoms with Crippen LogP contribution in [-0.2, 0) is 15.1 Å². The second-order valence-electron chi connectivity index (χ2n) is 5.47. The van der Waals surface area contributed by atoms with Crippen LogP contribution in [0.2, 0.25) is 0 Å². The van der Waals surface area contributed by atoms with Crippen molar-refractivity contribution >= 4 is 5.97 Å². The van der Waals surface area contributed by atoms with Crippen LogP contribution in [0.25, 0.3) is 0 Å². The van der Waals surface area contributed by atoms with Gasteiger partial charge in [-0.05, 0) is 19.0 Å². The van der Waals surface area contributed by atoms with Gasteiger partial charge in [0.1, 0.15) is 5.60 Å². The summed E-state index contributed by atoms with van der Waals surface area (Å²) in [5.41, 5.74) is 0.680. The van der Waals surface area contributed by atoms with Crippen LogP contribution < -0.4 is 0 Å². The van der Waals surface area contributed by atoms with Gasteiger partial charge in [0.25, 0.3) is 0 Å². The lowest BCUT2D eigenvalue weighted by Gasteiger charge is -2.46. The van der Waals surface area contributed by atoms with Gasteiger partial charge >= 0.3 is 5.97 Å². The summed E-state index contributed by atoms with van der Waals surface area (Å²) in [7, 11) is 2.13. The number of carbonyl (C=O) groups is 1. The predicted octanol–water partition coefficient (Wildman–Crippen LogP) is 2.81. The van der Waals surface area contributed by atoms with Crippen molar-refractivity contribution < 1.29 is 9.53 Å². The monoisotopic (exact) mass is 261 g/mol. The number of rotatable bonds is 3. The molecule has 104 valence electrons. The first-order valence-corrected chi connectivity index (χ1v) is 7.02. The van der Waals surface area contributed by atoms with Gasteiger partial charge < -0.3 is 9.64 Å². The van der Waals surface area contributed by atoms with E-state index >= 15 is 0 Å². The van der Waals surface area contributed by atoms with E-state index in [2.05, 4.69) is 31.0 Å². The summed E-state index contributed by atoms with van der Waals surface area (Å²) >= 11 is 0. The Balaban J connectivity index is 2.41. The maximum absolute atomic E-state index is 11.6. The van der Waals surface area contributed by atoms with Crippen molar-refractivity contribution in [3.05, 3.63) is 35.9 Å². The third kappa shape index (κ3) is 2.81. The molecule has 0 radical (unpaired) electrons. The molecule has 1 aromatic rings. The van der Waals surface area contributed by atoms with Crippen molar-refractivity contribution in [3.63, 3.8) is 0 Å². The zero-order valence-corrected chi connectivity index (χ0v) is 12.1. The molecule has 1 aliphatic rings. The zero-order chi connectivity index (χ0) is 13.9. The fourth-order valence-electron chi connectivity index (χ4n) is 3.18. The molecule has 0 aliphatic carbocycles. The Morgan fingerprint density at radius 3 is 2.68 bits per heavy atom. The molecule has 3 nitrogen and oxygen atoms in total. The van der Waals surface area contributed by atoms with E-state index in [0.717, 1.165) is 31.5 Å². The minimum absolute atomic E-state index is 0.188. The number of hydrogen-bond acceptors (Lipinski definition) is 3. The Morgan fingerprint density at radius 2 is 2.11 bits per heavy atom. The number of likely N-dealkylation sites (tertiary alicyclic amines) is 1. The third-order valence-electron chi connectivity index (χ3n) is 4.14. The Hall–Kier alpha value is -1.35. The molecular weight excluding hydrogens is 238 g/mol. The van der Waals surface area contributed by atoms with Crippen molar-refractivity contribution in [2.75, 3.05) is 20.1 Å². The van der Waals surface area contributed by atoms with Crippen LogP contribution in [0.4, 0.5) is 0 Å². The Kier molecular flexibility index (Phi) is 4.25. The highest BCUT2D eigenvalue weighted by Gasteiger charge is 2.45. The summed E-state index contributed by atoms with van der Waals surface area (Å²) in [5, 5.41) is 0. The summed E-state index contributed by atoms with van der Waals surface area (Å²) in [6, 6.07) is 10.2. The van der Waals surface area contributed by atoms with E-state index in [0.29, 0.717) is 5.92 Å². The van der Waals surface area contributed by atoms with Gasteiger partial charge in [0.2, 0.25) is 0 Å². The fraction of sp³-hybridized carbons (Fsp3) is 0.562. The molecule has 0 spiro atoms. The molecule has 0 aromatic heterocycles. The standard InChI is InChI=1S/C16H23NO2/c1-4-14-12-17(3)11-10-16(14,19-13(2)18)15-8-6-5-7-9-15/h5-9,14H,4,10-12H2,1-3H3/t14-,16-/m1/s1. The average Bonchev–Trinajstić information content (AvgIpc) is 2.41. The molecule has 1 saturated heterocycles. The minimum Gasteiger partial charge on any atom is -0.454 e. The predicted molar refractivity (Wildman–Crippen MR) is 75.8 cm³/mol. The minimum atomic E-state index is -0.450.